The van der Waals surface area contributed by atoms with Crippen LogP contribution in [0.1, 0.15) is 25.3 Å². The van der Waals surface area contributed by atoms with Gasteiger partial charge in [-0.2, -0.15) is 0 Å². The number of nitrogens with zero attached hydrogens (tertiary/aromatic N) is 2. The number of rotatable bonds is 6. The predicted octanol–water partition coefficient (Wildman–Crippen LogP) is 1.46. The number of aliphatic carboxylic acids is 1. The quantitative estimate of drug-likeness (QED) is 0.454. The lowest BCUT2D eigenvalue weighted by molar-refractivity contribution is -0.142. The van der Waals surface area contributed by atoms with E-state index in [-0.39, 0.29) is 0 Å². The minimum Gasteiger partial charge on any atom is -0.480 e. The van der Waals surface area contributed by atoms with Gasteiger partial charge >= 0.3 is 5.97 Å². The third kappa shape index (κ3) is 4.70. The van der Waals surface area contributed by atoms with Crippen molar-refractivity contribution in [1.29, 1.82) is 0 Å². The van der Waals surface area contributed by atoms with Crippen molar-refractivity contribution in [3.05, 3.63) is 18.0 Å². The second-order valence-corrected chi connectivity index (χ2v) is 5.28. The molecule has 5 nitrogen and oxygen atoms in total. The summed E-state index contributed by atoms with van der Waals surface area (Å²) in [4.78, 5) is 19.1. The monoisotopic (exact) mass is 255 g/mol. The fourth-order valence-electron chi connectivity index (χ4n) is 1.17. The van der Waals surface area contributed by atoms with E-state index in [9.17, 15) is 4.79 Å². The molecule has 0 spiro atoms. The Hall–Kier alpha value is -1.14. The summed E-state index contributed by atoms with van der Waals surface area (Å²) >= 11 is 1.51. The summed E-state index contributed by atoms with van der Waals surface area (Å²) in [5.41, 5.74) is 5.50. The highest BCUT2D eigenvalue weighted by atomic mass is 32.2. The normalized spacial score (nSPS) is 14.3. The van der Waals surface area contributed by atoms with Crippen LogP contribution in [0, 0.1) is 6.92 Å². The molecular weight excluding hydrogens is 238 g/mol. The third-order valence-corrected chi connectivity index (χ3v) is 3.28. The molecule has 0 amide bonds. The van der Waals surface area contributed by atoms with Crippen LogP contribution in [0.4, 0.5) is 0 Å². The Labute approximate surface area is 105 Å². The molecule has 0 bridgehead atoms. The van der Waals surface area contributed by atoms with Crippen molar-refractivity contribution >= 4 is 17.7 Å². The zero-order valence-electron chi connectivity index (χ0n) is 10.0. The first-order chi connectivity index (χ1) is 7.92. The number of aryl methyl sites for hydroxylation is 1. The van der Waals surface area contributed by atoms with Crippen LogP contribution >= 0.6 is 11.8 Å². The Balaban J connectivity index is 2.29. The number of hydrogen-bond donors (Lipinski definition) is 2. The number of aromatic nitrogens is 2. The predicted molar refractivity (Wildman–Crippen MR) is 67.0 cm³/mol. The van der Waals surface area contributed by atoms with Crippen molar-refractivity contribution in [1.82, 2.24) is 9.97 Å². The Kier molecular flexibility index (Phi) is 4.89. The van der Waals surface area contributed by atoms with E-state index >= 15 is 0 Å². The van der Waals surface area contributed by atoms with Gasteiger partial charge in [0.15, 0.2) is 5.16 Å². The molecular formula is C11H17N3O2S. The molecule has 1 aromatic heterocycles. The maximum atomic E-state index is 10.8. The van der Waals surface area contributed by atoms with Crippen LogP contribution in [0.25, 0.3) is 0 Å². The number of hydrogen-bond acceptors (Lipinski definition) is 5. The Morgan fingerprint density at radius 1 is 1.53 bits per heavy atom. The van der Waals surface area contributed by atoms with Crippen LogP contribution < -0.4 is 5.73 Å². The largest absolute Gasteiger partial charge is 0.480 e. The minimum absolute atomic E-state index is 0.446. The van der Waals surface area contributed by atoms with E-state index in [1.54, 1.807) is 12.4 Å². The zero-order chi connectivity index (χ0) is 12.9. The third-order valence-electron chi connectivity index (χ3n) is 2.32. The van der Waals surface area contributed by atoms with Gasteiger partial charge in [0.25, 0.3) is 0 Å². The van der Waals surface area contributed by atoms with E-state index < -0.39 is 11.5 Å². The van der Waals surface area contributed by atoms with E-state index in [4.69, 9.17) is 10.8 Å². The highest BCUT2D eigenvalue weighted by Gasteiger charge is 2.26. The van der Waals surface area contributed by atoms with Gasteiger partial charge in [-0.3, -0.25) is 4.79 Å². The second-order valence-electron chi connectivity index (χ2n) is 4.22. The SMILES string of the molecule is Cc1cnc(SCCCC(C)(N)C(=O)O)nc1. The first-order valence-corrected chi connectivity index (χ1v) is 6.34. The lowest BCUT2D eigenvalue weighted by Crippen LogP contribution is -2.44. The Morgan fingerprint density at radius 2 is 2.12 bits per heavy atom. The number of nitrogens with two attached hydrogens (primary N) is 1. The average molecular weight is 255 g/mol. The van der Waals surface area contributed by atoms with Crippen LogP contribution in [0.2, 0.25) is 0 Å². The smallest absolute Gasteiger partial charge is 0.323 e. The lowest BCUT2D eigenvalue weighted by Gasteiger charge is -2.18. The van der Waals surface area contributed by atoms with Gasteiger partial charge in [-0.15, -0.1) is 0 Å². The molecule has 1 atom stereocenters. The fraction of sp³-hybridized carbons (Fsp3) is 0.545. The summed E-state index contributed by atoms with van der Waals surface area (Å²) < 4.78 is 0. The molecule has 3 N–H and O–H groups in total. The molecule has 0 aromatic carbocycles. The molecule has 0 radical (unpaired) electrons. The topological polar surface area (TPSA) is 89.1 Å². The highest BCUT2D eigenvalue weighted by molar-refractivity contribution is 7.99. The van der Waals surface area contributed by atoms with E-state index in [1.165, 1.54) is 18.7 Å². The van der Waals surface area contributed by atoms with Gasteiger partial charge in [-0.25, -0.2) is 9.97 Å². The molecule has 17 heavy (non-hydrogen) atoms. The van der Waals surface area contributed by atoms with Crippen LogP contribution in [0.3, 0.4) is 0 Å². The van der Waals surface area contributed by atoms with Gasteiger partial charge in [-0.1, -0.05) is 11.8 Å². The van der Waals surface area contributed by atoms with Gasteiger partial charge in [0.05, 0.1) is 0 Å². The van der Waals surface area contributed by atoms with Crippen LogP contribution in [0.15, 0.2) is 17.6 Å². The van der Waals surface area contributed by atoms with Crippen LogP contribution in [0.5, 0.6) is 0 Å². The van der Waals surface area contributed by atoms with Gasteiger partial charge in [0, 0.05) is 18.1 Å². The van der Waals surface area contributed by atoms with E-state index in [0.717, 1.165) is 17.7 Å². The summed E-state index contributed by atoms with van der Waals surface area (Å²) in [5, 5.41) is 9.54. The average Bonchev–Trinajstić information content (AvgIpc) is 2.26. The Morgan fingerprint density at radius 3 is 2.65 bits per heavy atom. The van der Waals surface area contributed by atoms with Crippen molar-refractivity contribution in [2.24, 2.45) is 5.73 Å². The second kappa shape index (κ2) is 5.97. The fourth-order valence-corrected chi connectivity index (χ4v) is 1.89. The van der Waals surface area contributed by atoms with E-state index in [1.807, 2.05) is 6.92 Å². The van der Waals surface area contributed by atoms with Gasteiger partial charge < -0.3 is 10.8 Å². The molecule has 0 aliphatic carbocycles. The molecule has 1 rings (SSSR count). The van der Waals surface area contributed by atoms with Crippen molar-refractivity contribution in [2.75, 3.05) is 5.75 Å². The van der Waals surface area contributed by atoms with Gasteiger partial charge in [0.1, 0.15) is 5.54 Å². The van der Waals surface area contributed by atoms with Crippen molar-refractivity contribution in [3.8, 4) is 0 Å². The molecule has 0 saturated heterocycles. The summed E-state index contributed by atoms with van der Waals surface area (Å²) in [6.07, 6.45) is 4.70. The van der Waals surface area contributed by atoms with Gasteiger partial charge in [-0.05, 0) is 32.3 Å². The molecule has 0 aliphatic heterocycles. The van der Waals surface area contributed by atoms with E-state index in [0.29, 0.717) is 11.6 Å². The Bertz CT molecular complexity index is 379. The maximum Gasteiger partial charge on any atom is 0.323 e. The van der Waals surface area contributed by atoms with Crippen LogP contribution in [-0.2, 0) is 4.79 Å². The van der Waals surface area contributed by atoms with Gasteiger partial charge in [0.2, 0.25) is 0 Å². The van der Waals surface area contributed by atoms with Crippen molar-refractivity contribution in [2.45, 2.75) is 37.4 Å². The number of carboxylic acids is 1. The first-order valence-electron chi connectivity index (χ1n) is 5.35. The van der Waals surface area contributed by atoms with E-state index in [2.05, 4.69) is 9.97 Å². The zero-order valence-corrected chi connectivity index (χ0v) is 10.8. The summed E-state index contributed by atoms with van der Waals surface area (Å²) in [6.45, 7) is 3.46. The molecule has 0 aliphatic rings. The highest BCUT2D eigenvalue weighted by Crippen LogP contribution is 2.17. The minimum atomic E-state index is -1.14. The molecule has 0 saturated carbocycles. The van der Waals surface area contributed by atoms with Crippen molar-refractivity contribution in [3.63, 3.8) is 0 Å². The maximum absolute atomic E-state index is 10.8. The summed E-state index contributed by atoms with van der Waals surface area (Å²) in [7, 11) is 0. The number of carboxylic acid groups (broad SMARTS) is 1. The molecule has 1 aromatic rings. The number of carbonyl (C=O) groups is 1. The molecule has 94 valence electrons. The standard InChI is InChI=1S/C11H17N3O2S/c1-8-6-13-10(14-7-8)17-5-3-4-11(2,12)9(15)16/h6-7H,3-5,12H2,1-2H3,(H,15,16). The van der Waals surface area contributed by atoms with Crippen molar-refractivity contribution < 1.29 is 9.90 Å². The summed E-state index contributed by atoms with van der Waals surface area (Å²) in [5.74, 6) is -0.197. The molecule has 1 unspecified atom stereocenters. The van der Waals surface area contributed by atoms with Crippen LogP contribution in [-0.4, -0.2) is 32.3 Å². The lowest BCUT2D eigenvalue weighted by atomic mass is 9.98. The number of thioether (sulfide) groups is 1. The molecule has 0 fully saturated rings. The molecule has 1 heterocycles. The first kappa shape index (κ1) is 13.9. The summed E-state index contributed by atoms with van der Waals surface area (Å²) in [6, 6.07) is 0. The molecule has 6 heteroatoms.